The van der Waals surface area contributed by atoms with Crippen LogP contribution in [-0.2, 0) is 7.05 Å². The molecule has 0 atom stereocenters. The van der Waals surface area contributed by atoms with Gasteiger partial charge in [0.2, 0.25) is 10.7 Å². The first-order chi connectivity index (χ1) is 11.9. The average Bonchev–Trinajstić information content (AvgIpc) is 2.96. The van der Waals surface area contributed by atoms with E-state index in [4.69, 9.17) is 10.8 Å². The molecule has 0 saturated heterocycles. The molecule has 0 unspecified atom stereocenters. The highest BCUT2D eigenvalue weighted by atomic mass is 32.1. The Kier molecular flexibility index (Phi) is 4.44. The average molecular weight is 354 g/mol. The van der Waals surface area contributed by atoms with E-state index < -0.39 is 11.9 Å². The van der Waals surface area contributed by atoms with Crippen molar-refractivity contribution in [3.63, 3.8) is 0 Å². The molecule has 126 valence electrons. The van der Waals surface area contributed by atoms with Gasteiger partial charge >= 0.3 is 5.97 Å². The highest BCUT2D eigenvalue weighted by molar-refractivity contribution is 7.12. The van der Waals surface area contributed by atoms with Gasteiger partial charge < -0.3 is 10.8 Å². The van der Waals surface area contributed by atoms with Crippen molar-refractivity contribution < 1.29 is 14.7 Å². The molecular formula is C17H14N4O3S. The standard InChI is InChI=1S/C17H14N4O3S/c1-21-17(19-13-4-2-3-12(9-13)16(23)24)25-15(20-21)11-7-5-10(6-8-11)14(18)22/h2-9H,1H3,(H2,18,22)(H,23,24)/b19-17+. The van der Waals surface area contributed by atoms with Crippen LogP contribution in [-0.4, -0.2) is 26.8 Å². The first kappa shape index (κ1) is 16.6. The zero-order valence-electron chi connectivity index (χ0n) is 13.2. The highest BCUT2D eigenvalue weighted by Crippen LogP contribution is 2.20. The number of benzene rings is 2. The zero-order valence-corrected chi connectivity index (χ0v) is 14.0. The van der Waals surface area contributed by atoms with Gasteiger partial charge in [-0.15, -0.1) is 0 Å². The number of primary amides is 1. The molecule has 1 aromatic heterocycles. The number of aromatic carboxylic acids is 1. The minimum atomic E-state index is -0.999. The number of carboxylic acids is 1. The third-order valence-electron chi connectivity index (χ3n) is 3.44. The van der Waals surface area contributed by atoms with E-state index in [0.717, 1.165) is 10.6 Å². The Morgan fingerprint density at radius 2 is 1.88 bits per heavy atom. The van der Waals surface area contributed by atoms with Crippen LogP contribution in [0.1, 0.15) is 20.7 Å². The summed E-state index contributed by atoms with van der Waals surface area (Å²) in [4.78, 5) is 27.3. The van der Waals surface area contributed by atoms with E-state index in [-0.39, 0.29) is 5.56 Å². The molecule has 8 heteroatoms. The molecule has 3 rings (SSSR count). The molecule has 1 heterocycles. The molecule has 0 radical (unpaired) electrons. The first-order valence-corrected chi connectivity index (χ1v) is 8.08. The molecule has 0 aliphatic rings. The molecule has 0 spiro atoms. The molecule has 1 amide bonds. The minimum Gasteiger partial charge on any atom is -0.478 e. The lowest BCUT2D eigenvalue weighted by molar-refractivity contribution is 0.0696. The number of hydrogen-bond donors (Lipinski definition) is 2. The van der Waals surface area contributed by atoms with Gasteiger partial charge in [0, 0.05) is 18.2 Å². The molecule has 0 fully saturated rings. The number of carboxylic acid groups (broad SMARTS) is 1. The van der Waals surface area contributed by atoms with Gasteiger partial charge in [-0.25, -0.2) is 14.5 Å². The van der Waals surface area contributed by atoms with Gasteiger partial charge in [-0.1, -0.05) is 29.5 Å². The van der Waals surface area contributed by atoms with Gasteiger partial charge in [0.15, 0.2) is 0 Å². The molecule has 0 aliphatic carbocycles. The van der Waals surface area contributed by atoms with Crippen molar-refractivity contribution in [1.29, 1.82) is 0 Å². The van der Waals surface area contributed by atoms with Gasteiger partial charge in [-0.3, -0.25) is 4.79 Å². The summed E-state index contributed by atoms with van der Waals surface area (Å²) in [5.74, 6) is -1.48. The number of carbonyl (C=O) groups excluding carboxylic acids is 1. The predicted molar refractivity (Wildman–Crippen MR) is 93.7 cm³/mol. The summed E-state index contributed by atoms with van der Waals surface area (Å²) in [6, 6.07) is 13.2. The fourth-order valence-electron chi connectivity index (χ4n) is 2.16. The van der Waals surface area contributed by atoms with Crippen LogP contribution in [0.25, 0.3) is 10.6 Å². The van der Waals surface area contributed by atoms with Crippen LogP contribution in [0.15, 0.2) is 53.5 Å². The highest BCUT2D eigenvalue weighted by Gasteiger charge is 2.08. The quantitative estimate of drug-likeness (QED) is 0.748. The van der Waals surface area contributed by atoms with Crippen molar-refractivity contribution in [2.24, 2.45) is 17.8 Å². The van der Waals surface area contributed by atoms with E-state index in [2.05, 4.69) is 10.1 Å². The van der Waals surface area contributed by atoms with E-state index in [1.165, 1.54) is 23.5 Å². The molecular weight excluding hydrogens is 340 g/mol. The third kappa shape index (κ3) is 3.64. The molecule has 0 bridgehead atoms. The normalized spacial score (nSPS) is 11.5. The minimum absolute atomic E-state index is 0.177. The number of aryl methyl sites for hydroxylation is 1. The van der Waals surface area contributed by atoms with E-state index in [9.17, 15) is 9.59 Å². The van der Waals surface area contributed by atoms with Crippen LogP contribution in [0, 0.1) is 0 Å². The van der Waals surface area contributed by atoms with Crippen LogP contribution in [0.3, 0.4) is 0 Å². The molecule has 0 saturated carbocycles. The molecule has 3 aromatic rings. The first-order valence-electron chi connectivity index (χ1n) is 7.26. The van der Waals surface area contributed by atoms with Crippen LogP contribution >= 0.6 is 11.3 Å². The smallest absolute Gasteiger partial charge is 0.335 e. The summed E-state index contributed by atoms with van der Waals surface area (Å²) in [7, 11) is 1.76. The van der Waals surface area contributed by atoms with Gasteiger partial charge in [0.1, 0.15) is 5.01 Å². The Balaban J connectivity index is 1.98. The van der Waals surface area contributed by atoms with E-state index in [1.807, 2.05) is 0 Å². The zero-order chi connectivity index (χ0) is 18.0. The van der Waals surface area contributed by atoms with Crippen LogP contribution < -0.4 is 10.5 Å². The summed E-state index contributed by atoms with van der Waals surface area (Å²) in [5, 5.41) is 14.2. The number of carbonyl (C=O) groups is 2. The van der Waals surface area contributed by atoms with Crippen molar-refractivity contribution in [2.75, 3.05) is 0 Å². The van der Waals surface area contributed by atoms with Gasteiger partial charge in [0.25, 0.3) is 0 Å². The van der Waals surface area contributed by atoms with Crippen LogP contribution in [0.5, 0.6) is 0 Å². The Bertz CT molecular complexity index is 1020. The Morgan fingerprint density at radius 1 is 1.16 bits per heavy atom. The largest absolute Gasteiger partial charge is 0.478 e. The number of rotatable bonds is 4. The van der Waals surface area contributed by atoms with Crippen molar-refractivity contribution in [3.05, 3.63) is 64.5 Å². The number of hydrogen-bond acceptors (Lipinski definition) is 5. The van der Waals surface area contributed by atoms with E-state index in [0.29, 0.717) is 16.1 Å². The second-order valence-electron chi connectivity index (χ2n) is 5.22. The van der Waals surface area contributed by atoms with Gasteiger partial charge in [0.05, 0.1) is 11.3 Å². The topological polar surface area (TPSA) is 111 Å². The maximum Gasteiger partial charge on any atom is 0.335 e. The van der Waals surface area contributed by atoms with Crippen molar-refractivity contribution in [1.82, 2.24) is 9.78 Å². The molecule has 2 aromatic carbocycles. The fourth-order valence-corrected chi connectivity index (χ4v) is 3.07. The maximum absolute atomic E-state index is 11.1. The Morgan fingerprint density at radius 3 is 2.52 bits per heavy atom. The number of nitrogens with zero attached hydrogens (tertiary/aromatic N) is 3. The van der Waals surface area contributed by atoms with Gasteiger partial charge in [-0.05, 0) is 30.3 Å². The number of amides is 1. The lowest BCUT2D eigenvalue weighted by Crippen LogP contribution is -2.11. The fraction of sp³-hybridized carbons (Fsp3) is 0.0588. The summed E-state index contributed by atoms with van der Waals surface area (Å²) >= 11 is 1.36. The Hall–Kier alpha value is -3.26. The number of nitrogens with two attached hydrogens (primary N) is 1. The molecule has 25 heavy (non-hydrogen) atoms. The molecule has 3 N–H and O–H groups in total. The van der Waals surface area contributed by atoms with Gasteiger partial charge in [-0.2, -0.15) is 5.10 Å². The molecule has 0 aliphatic heterocycles. The van der Waals surface area contributed by atoms with Crippen LogP contribution in [0.2, 0.25) is 0 Å². The third-order valence-corrected chi connectivity index (χ3v) is 4.49. The van der Waals surface area contributed by atoms with Crippen molar-refractivity contribution >= 4 is 28.9 Å². The number of aromatic nitrogens is 2. The SMILES string of the molecule is Cn1nc(-c2ccc(C(N)=O)cc2)s/c1=N/c1cccc(C(=O)O)c1. The summed E-state index contributed by atoms with van der Waals surface area (Å²) in [6.45, 7) is 0. The molecule has 7 nitrogen and oxygen atoms in total. The van der Waals surface area contributed by atoms with Crippen LogP contribution in [0.4, 0.5) is 5.69 Å². The predicted octanol–water partition coefficient (Wildman–Crippen LogP) is 2.18. The van der Waals surface area contributed by atoms with Crippen molar-refractivity contribution in [2.45, 2.75) is 0 Å². The monoisotopic (exact) mass is 354 g/mol. The Labute approximate surface area is 146 Å². The van der Waals surface area contributed by atoms with Crippen molar-refractivity contribution in [3.8, 4) is 10.6 Å². The lowest BCUT2D eigenvalue weighted by Gasteiger charge is -1.97. The maximum atomic E-state index is 11.1. The second-order valence-corrected chi connectivity index (χ2v) is 6.18. The van der Waals surface area contributed by atoms with E-state index in [1.54, 1.807) is 48.1 Å². The summed E-state index contributed by atoms with van der Waals surface area (Å²) in [5.41, 5.74) is 7.22. The second kappa shape index (κ2) is 6.70. The summed E-state index contributed by atoms with van der Waals surface area (Å²) in [6.07, 6.45) is 0. The summed E-state index contributed by atoms with van der Waals surface area (Å²) < 4.78 is 1.62. The van der Waals surface area contributed by atoms with E-state index >= 15 is 0 Å². The lowest BCUT2D eigenvalue weighted by atomic mass is 10.1.